The summed E-state index contributed by atoms with van der Waals surface area (Å²) in [5, 5.41) is 14.3. The molecule has 3 aromatic rings. The standard InChI is InChI=1S/C23H25N5O4S/c1-4-28-20(12-21(29)24-16-7-5-14(2)6-8-16)26-27-23(28)33-15(3)22(30)25-17-9-10-18-19(11-17)32-13-31-18/h5-11,15H,4,12-13H2,1-3H3,(H,24,29)(H,25,30)/t15-/m0/s1. The third-order valence-electron chi connectivity index (χ3n) is 5.06. The average Bonchev–Trinajstić information content (AvgIpc) is 3.41. The smallest absolute Gasteiger partial charge is 0.237 e. The topological polar surface area (TPSA) is 107 Å². The molecule has 172 valence electrons. The van der Waals surface area contributed by atoms with E-state index in [1.54, 1.807) is 25.1 Å². The zero-order chi connectivity index (χ0) is 23.4. The van der Waals surface area contributed by atoms with Gasteiger partial charge in [-0.3, -0.25) is 9.59 Å². The summed E-state index contributed by atoms with van der Waals surface area (Å²) in [7, 11) is 0. The number of anilines is 2. The Morgan fingerprint density at radius 2 is 1.79 bits per heavy atom. The lowest BCUT2D eigenvalue weighted by atomic mass is 10.2. The molecule has 9 nitrogen and oxygen atoms in total. The number of rotatable bonds is 8. The molecule has 4 rings (SSSR count). The number of hydrogen-bond acceptors (Lipinski definition) is 7. The summed E-state index contributed by atoms with van der Waals surface area (Å²) < 4.78 is 12.5. The molecular formula is C23H25N5O4S. The zero-order valence-electron chi connectivity index (χ0n) is 18.6. The predicted octanol–water partition coefficient (Wildman–Crippen LogP) is 3.64. The van der Waals surface area contributed by atoms with E-state index in [0.29, 0.717) is 34.7 Å². The van der Waals surface area contributed by atoms with Gasteiger partial charge in [-0.25, -0.2) is 0 Å². The van der Waals surface area contributed by atoms with Crippen molar-refractivity contribution in [2.75, 3.05) is 17.4 Å². The Morgan fingerprint density at radius 1 is 1.06 bits per heavy atom. The van der Waals surface area contributed by atoms with Crippen molar-refractivity contribution in [2.45, 2.75) is 44.1 Å². The summed E-state index contributed by atoms with van der Waals surface area (Å²) in [5.41, 5.74) is 2.48. The van der Waals surface area contributed by atoms with Gasteiger partial charge in [0.25, 0.3) is 0 Å². The highest BCUT2D eigenvalue weighted by molar-refractivity contribution is 8.00. The molecule has 1 aliphatic rings. The van der Waals surface area contributed by atoms with E-state index in [1.807, 2.05) is 42.7 Å². The van der Waals surface area contributed by atoms with E-state index in [0.717, 1.165) is 11.3 Å². The van der Waals surface area contributed by atoms with Gasteiger partial charge in [0.1, 0.15) is 5.82 Å². The number of aromatic nitrogens is 3. The molecule has 33 heavy (non-hydrogen) atoms. The van der Waals surface area contributed by atoms with Crippen molar-refractivity contribution in [3.8, 4) is 11.5 Å². The Bertz CT molecular complexity index is 1160. The van der Waals surface area contributed by atoms with Crippen LogP contribution < -0.4 is 20.1 Å². The fourth-order valence-electron chi connectivity index (χ4n) is 3.27. The van der Waals surface area contributed by atoms with Crippen LogP contribution in [0.1, 0.15) is 25.2 Å². The second-order valence-corrected chi connectivity index (χ2v) is 8.86. The minimum Gasteiger partial charge on any atom is -0.454 e. The first-order valence-electron chi connectivity index (χ1n) is 10.6. The number of benzene rings is 2. The second kappa shape index (κ2) is 9.95. The Hall–Kier alpha value is -3.53. The van der Waals surface area contributed by atoms with Crippen LogP contribution in [0.25, 0.3) is 0 Å². The number of carbonyl (C=O) groups is 2. The molecule has 2 heterocycles. The normalized spacial score (nSPS) is 12.9. The Kier molecular flexibility index (Phi) is 6.83. The largest absolute Gasteiger partial charge is 0.454 e. The summed E-state index contributed by atoms with van der Waals surface area (Å²) in [4.78, 5) is 25.2. The summed E-state index contributed by atoms with van der Waals surface area (Å²) in [6, 6.07) is 12.9. The second-order valence-electron chi connectivity index (χ2n) is 7.55. The molecule has 10 heteroatoms. The van der Waals surface area contributed by atoms with Crippen LogP contribution in [-0.2, 0) is 22.6 Å². The van der Waals surface area contributed by atoms with Gasteiger partial charge in [0.2, 0.25) is 18.6 Å². The van der Waals surface area contributed by atoms with Crippen molar-refractivity contribution in [1.82, 2.24) is 14.8 Å². The fourth-order valence-corrected chi connectivity index (χ4v) is 4.20. The van der Waals surface area contributed by atoms with Crippen LogP contribution in [0.15, 0.2) is 47.6 Å². The first-order chi connectivity index (χ1) is 15.9. The number of nitrogens with zero attached hydrogens (tertiary/aromatic N) is 3. The first kappa shape index (κ1) is 22.7. The van der Waals surface area contributed by atoms with Crippen molar-refractivity contribution in [1.29, 1.82) is 0 Å². The molecule has 2 N–H and O–H groups in total. The van der Waals surface area contributed by atoms with Gasteiger partial charge >= 0.3 is 0 Å². The third-order valence-corrected chi connectivity index (χ3v) is 6.14. The number of aryl methyl sites for hydroxylation is 1. The van der Waals surface area contributed by atoms with Gasteiger partial charge in [-0.15, -0.1) is 10.2 Å². The Labute approximate surface area is 195 Å². The number of ether oxygens (including phenoxy) is 2. The van der Waals surface area contributed by atoms with Gasteiger partial charge in [0.15, 0.2) is 16.7 Å². The fraction of sp³-hybridized carbons (Fsp3) is 0.304. The monoisotopic (exact) mass is 467 g/mol. The van der Waals surface area contributed by atoms with Gasteiger partial charge in [-0.1, -0.05) is 29.5 Å². The molecule has 0 saturated heterocycles. The number of fused-ring (bicyclic) bond motifs is 1. The zero-order valence-corrected chi connectivity index (χ0v) is 19.4. The average molecular weight is 468 g/mol. The molecule has 0 radical (unpaired) electrons. The molecule has 1 aliphatic heterocycles. The number of hydrogen-bond donors (Lipinski definition) is 2. The number of thioether (sulfide) groups is 1. The van der Waals surface area contributed by atoms with Crippen molar-refractivity contribution in [2.24, 2.45) is 0 Å². The molecule has 0 aliphatic carbocycles. The van der Waals surface area contributed by atoms with Crippen molar-refractivity contribution >= 4 is 35.0 Å². The number of carbonyl (C=O) groups excluding carboxylic acids is 2. The summed E-state index contributed by atoms with van der Waals surface area (Å²) in [6.07, 6.45) is 0.0903. The van der Waals surface area contributed by atoms with Gasteiger partial charge in [-0.2, -0.15) is 0 Å². The molecule has 1 atom stereocenters. The van der Waals surface area contributed by atoms with Crippen LogP contribution in [0.3, 0.4) is 0 Å². The van der Waals surface area contributed by atoms with E-state index >= 15 is 0 Å². The van der Waals surface area contributed by atoms with Crippen molar-refractivity contribution < 1.29 is 19.1 Å². The third kappa shape index (κ3) is 5.46. The molecule has 2 aromatic carbocycles. The Morgan fingerprint density at radius 3 is 2.55 bits per heavy atom. The SMILES string of the molecule is CCn1c(CC(=O)Nc2ccc(C)cc2)nnc1S[C@@H](C)C(=O)Nc1ccc2c(c1)OCO2. The molecular weight excluding hydrogens is 442 g/mol. The van der Waals surface area contributed by atoms with Gasteiger partial charge < -0.3 is 24.7 Å². The molecule has 0 spiro atoms. The molecule has 0 fully saturated rings. The maximum atomic E-state index is 12.7. The van der Waals surface area contributed by atoms with E-state index in [4.69, 9.17) is 9.47 Å². The highest BCUT2D eigenvalue weighted by atomic mass is 32.2. The first-order valence-corrected chi connectivity index (χ1v) is 11.5. The van der Waals surface area contributed by atoms with Crippen LogP contribution in [0, 0.1) is 6.92 Å². The van der Waals surface area contributed by atoms with Crippen LogP contribution >= 0.6 is 11.8 Å². The molecule has 2 amide bonds. The van der Waals surface area contributed by atoms with E-state index in [2.05, 4.69) is 20.8 Å². The van der Waals surface area contributed by atoms with Crippen LogP contribution in [0.2, 0.25) is 0 Å². The lowest BCUT2D eigenvalue weighted by Gasteiger charge is -2.13. The van der Waals surface area contributed by atoms with E-state index < -0.39 is 5.25 Å². The lowest BCUT2D eigenvalue weighted by Crippen LogP contribution is -2.23. The Balaban J connectivity index is 1.37. The quantitative estimate of drug-likeness (QED) is 0.487. The molecule has 0 unspecified atom stereocenters. The van der Waals surface area contributed by atoms with Gasteiger partial charge in [0.05, 0.1) is 11.7 Å². The minimum atomic E-state index is -0.431. The molecule has 0 saturated carbocycles. The maximum Gasteiger partial charge on any atom is 0.237 e. The van der Waals surface area contributed by atoms with E-state index in [1.165, 1.54) is 11.8 Å². The highest BCUT2D eigenvalue weighted by Crippen LogP contribution is 2.34. The lowest BCUT2D eigenvalue weighted by molar-refractivity contribution is -0.116. The summed E-state index contributed by atoms with van der Waals surface area (Å²) >= 11 is 1.29. The van der Waals surface area contributed by atoms with E-state index in [-0.39, 0.29) is 25.0 Å². The van der Waals surface area contributed by atoms with Crippen molar-refractivity contribution in [3.05, 3.63) is 53.9 Å². The predicted molar refractivity (Wildman–Crippen MR) is 126 cm³/mol. The van der Waals surface area contributed by atoms with Crippen molar-refractivity contribution in [3.63, 3.8) is 0 Å². The maximum absolute atomic E-state index is 12.7. The minimum absolute atomic E-state index is 0.0903. The number of amides is 2. The van der Waals surface area contributed by atoms with Gasteiger partial charge in [-0.05, 0) is 45.0 Å². The highest BCUT2D eigenvalue weighted by Gasteiger charge is 2.22. The van der Waals surface area contributed by atoms with Gasteiger partial charge in [0, 0.05) is 24.0 Å². The summed E-state index contributed by atoms with van der Waals surface area (Å²) in [5.74, 6) is 1.46. The van der Waals surface area contributed by atoms with Crippen LogP contribution in [0.5, 0.6) is 11.5 Å². The van der Waals surface area contributed by atoms with E-state index in [9.17, 15) is 9.59 Å². The molecule has 0 bridgehead atoms. The number of nitrogens with one attached hydrogen (secondary N) is 2. The van der Waals surface area contributed by atoms with Crippen LogP contribution in [0.4, 0.5) is 11.4 Å². The van der Waals surface area contributed by atoms with Crippen LogP contribution in [-0.4, -0.2) is 38.6 Å². The molecule has 1 aromatic heterocycles. The summed E-state index contributed by atoms with van der Waals surface area (Å²) in [6.45, 7) is 6.50.